The average Bonchev–Trinajstić information content (AvgIpc) is 3.42. The number of aromatic nitrogens is 3. The standard InChI is InChI=1S/C22H25N5O3S/c1-15-3-2-10-26(15)21-12-18-5-4-16(14-27(18)25-21)22(28)24-13-17-11-20(8-9-23-17)31(29,30)19-6-7-19/h4-5,8-9,11-12,14-15,19H,2-3,6-7,10,13H2,1H3,(H,24,28)/t15-/m0/s1. The molecule has 1 amide bonds. The molecule has 0 spiro atoms. The molecular formula is C22H25N5O3S. The van der Waals surface area contributed by atoms with Crippen LogP contribution in [0.25, 0.3) is 5.52 Å². The number of nitrogens with zero attached hydrogens (tertiary/aromatic N) is 4. The monoisotopic (exact) mass is 439 g/mol. The third-order valence-electron chi connectivity index (χ3n) is 6.07. The fraction of sp³-hybridized carbons (Fsp3) is 0.409. The normalized spacial score (nSPS) is 19.1. The Kier molecular flexibility index (Phi) is 4.92. The van der Waals surface area contributed by atoms with Crippen molar-refractivity contribution in [1.82, 2.24) is 19.9 Å². The molecule has 1 saturated carbocycles. The molecule has 2 fully saturated rings. The fourth-order valence-corrected chi connectivity index (χ4v) is 5.79. The van der Waals surface area contributed by atoms with Gasteiger partial charge in [0, 0.05) is 31.0 Å². The first-order valence-corrected chi connectivity index (χ1v) is 12.2. The van der Waals surface area contributed by atoms with Crippen LogP contribution in [0.2, 0.25) is 0 Å². The van der Waals surface area contributed by atoms with Crippen LogP contribution in [-0.2, 0) is 16.4 Å². The van der Waals surface area contributed by atoms with Gasteiger partial charge in [0.25, 0.3) is 5.91 Å². The highest BCUT2D eigenvalue weighted by molar-refractivity contribution is 7.92. The van der Waals surface area contributed by atoms with E-state index in [-0.39, 0.29) is 22.6 Å². The molecule has 0 aromatic carbocycles. The van der Waals surface area contributed by atoms with Crippen molar-refractivity contribution in [2.45, 2.75) is 55.3 Å². The van der Waals surface area contributed by atoms with Gasteiger partial charge in [-0.3, -0.25) is 9.78 Å². The third kappa shape index (κ3) is 3.89. The number of pyridine rings is 2. The van der Waals surface area contributed by atoms with E-state index < -0.39 is 9.84 Å². The lowest BCUT2D eigenvalue weighted by molar-refractivity contribution is 0.0950. The van der Waals surface area contributed by atoms with Crippen LogP contribution in [0.3, 0.4) is 0 Å². The highest BCUT2D eigenvalue weighted by Crippen LogP contribution is 2.33. The molecule has 3 aromatic rings. The Morgan fingerprint density at radius 3 is 2.77 bits per heavy atom. The van der Waals surface area contributed by atoms with Crippen molar-refractivity contribution in [3.63, 3.8) is 0 Å². The summed E-state index contributed by atoms with van der Waals surface area (Å²) in [5.74, 6) is 0.672. The number of amides is 1. The summed E-state index contributed by atoms with van der Waals surface area (Å²) < 4.78 is 26.6. The third-order valence-corrected chi connectivity index (χ3v) is 8.33. The number of rotatable bonds is 6. The number of fused-ring (bicyclic) bond motifs is 1. The summed E-state index contributed by atoms with van der Waals surface area (Å²) in [6.07, 6.45) is 6.96. The van der Waals surface area contributed by atoms with Gasteiger partial charge in [-0.15, -0.1) is 0 Å². The minimum atomic E-state index is -3.28. The van der Waals surface area contributed by atoms with Crippen LogP contribution >= 0.6 is 0 Å². The number of carbonyl (C=O) groups excluding carboxylic acids is 1. The summed E-state index contributed by atoms with van der Waals surface area (Å²) in [6, 6.07) is 9.23. The first-order chi connectivity index (χ1) is 14.9. The number of hydrogen-bond donors (Lipinski definition) is 1. The zero-order chi connectivity index (χ0) is 21.6. The first-order valence-electron chi connectivity index (χ1n) is 10.6. The molecule has 5 rings (SSSR count). The van der Waals surface area contributed by atoms with Crippen molar-refractivity contribution in [3.05, 3.63) is 54.0 Å². The predicted molar refractivity (Wildman–Crippen MR) is 117 cm³/mol. The lowest BCUT2D eigenvalue weighted by atomic mass is 10.2. The van der Waals surface area contributed by atoms with Gasteiger partial charge in [-0.1, -0.05) is 0 Å². The van der Waals surface area contributed by atoms with Crippen LogP contribution in [0.5, 0.6) is 0 Å². The van der Waals surface area contributed by atoms with Gasteiger partial charge in [0.1, 0.15) is 0 Å². The highest BCUT2D eigenvalue weighted by atomic mass is 32.2. The van der Waals surface area contributed by atoms with Gasteiger partial charge in [0.05, 0.1) is 33.5 Å². The smallest absolute Gasteiger partial charge is 0.253 e. The molecule has 3 aromatic heterocycles. The average molecular weight is 440 g/mol. The van der Waals surface area contributed by atoms with Crippen LogP contribution in [0.15, 0.2) is 47.6 Å². The second kappa shape index (κ2) is 7.64. The summed E-state index contributed by atoms with van der Waals surface area (Å²) in [7, 11) is -3.28. The van der Waals surface area contributed by atoms with E-state index in [9.17, 15) is 13.2 Å². The molecule has 0 bridgehead atoms. The van der Waals surface area contributed by atoms with Gasteiger partial charge in [-0.2, -0.15) is 5.10 Å². The number of sulfone groups is 1. The van der Waals surface area contributed by atoms with Gasteiger partial charge < -0.3 is 10.2 Å². The van der Waals surface area contributed by atoms with Gasteiger partial charge in [0.2, 0.25) is 0 Å². The van der Waals surface area contributed by atoms with Crippen LogP contribution in [-0.4, -0.2) is 46.8 Å². The quantitative estimate of drug-likeness (QED) is 0.634. The van der Waals surface area contributed by atoms with Gasteiger partial charge in [-0.25, -0.2) is 12.9 Å². The van der Waals surface area contributed by atoms with Gasteiger partial charge >= 0.3 is 0 Å². The Balaban J connectivity index is 1.29. The molecule has 1 atom stereocenters. The van der Waals surface area contributed by atoms with Crippen molar-refractivity contribution >= 4 is 27.1 Å². The fourth-order valence-electron chi connectivity index (χ4n) is 4.09. The summed E-state index contributed by atoms with van der Waals surface area (Å²) in [4.78, 5) is 19.4. The summed E-state index contributed by atoms with van der Waals surface area (Å²) in [5.41, 5.74) is 1.93. The zero-order valence-corrected chi connectivity index (χ0v) is 18.2. The molecule has 1 N–H and O–H groups in total. The van der Waals surface area contributed by atoms with Crippen LogP contribution < -0.4 is 10.2 Å². The molecule has 162 valence electrons. The number of anilines is 1. The topological polar surface area (TPSA) is 96.7 Å². The van der Waals surface area contributed by atoms with E-state index in [1.54, 1.807) is 22.8 Å². The van der Waals surface area contributed by atoms with Gasteiger partial charge in [-0.05, 0) is 56.9 Å². The number of hydrogen-bond acceptors (Lipinski definition) is 6. The lowest BCUT2D eigenvalue weighted by Gasteiger charge is -2.20. The highest BCUT2D eigenvalue weighted by Gasteiger charge is 2.37. The second-order valence-corrected chi connectivity index (χ2v) is 10.6. The predicted octanol–water partition coefficient (Wildman–Crippen LogP) is 2.58. The molecule has 9 heteroatoms. The first kappa shape index (κ1) is 20.0. The Bertz CT molecular complexity index is 1250. The van der Waals surface area contributed by atoms with Crippen molar-refractivity contribution in [2.75, 3.05) is 11.4 Å². The Morgan fingerprint density at radius 1 is 1.19 bits per heavy atom. The molecule has 8 nitrogen and oxygen atoms in total. The Labute approximate surface area is 181 Å². The van der Waals surface area contributed by atoms with E-state index >= 15 is 0 Å². The number of carbonyl (C=O) groups is 1. The Morgan fingerprint density at radius 2 is 2.03 bits per heavy atom. The van der Waals surface area contributed by atoms with Crippen molar-refractivity contribution in [1.29, 1.82) is 0 Å². The summed E-state index contributed by atoms with van der Waals surface area (Å²) in [5, 5.41) is 7.20. The minimum Gasteiger partial charge on any atom is -0.352 e. The van der Waals surface area contributed by atoms with Crippen LogP contribution in [0.1, 0.15) is 48.7 Å². The van der Waals surface area contributed by atoms with Crippen molar-refractivity contribution < 1.29 is 13.2 Å². The minimum absolute atomic E-state index is 0.153. The number of nitrogens with one attached hydrogen (secondary N) is 1. The Hall–Kier alpha value is -2.94. The van der Waals surface area contributed by atoms with Crippen molar-refractivity contribution in [2.24, 2.45) is 0 Å². The molecular weight excluding hydrogens is 414 g/mol. The molecule has 1 aliphatic carbocycles. The molecule has 0 radical (unpaired) electrons. The van der Waals surface area contributed by atoms with E-state index in [0.717, 1.165) is 17.9 Å². The maximum atomic E-state index is 12.7. The maximum Gasteiger partial charge on any atom is 0.253 e. The lowest BCUT2D eigenvalue weighted by Crippen LogP contribution is -2.26. The SMILES string of the molecule is C[C@H]1CCCN1c1cc2ccc(C(=O)NCc3cc(S(=O)(=O)C4CC4)ccn3)cn2n1. The molecule has 1 saturated heterocycles. The largest absolute Gasteiger partial charge is 0.352 e. The van der Waals surface area contributed by atoms with Crippen LogP contribution in [0.4, 0.5) is 5.82 Å². The maximum absolute atomic E-state index is 12.7. The molecule has 1 aliphatic heterocycles. The summed E-state index contributed by atoms with van der Waals surface area (Å²) in [6.45, 7) is 3.36. The van der Waals surface area contributed by atoms with E-state index in [4.69, 9.17) is 0 Å². The van der Waals surface area contributed by atoms with E-state index in [1.165, 1.54) is 25.1 Å². The zero-order valence-electron chi connectivity index (χ0n) is 17.4. The molecule has 0 unspecified atom stereocenters. The molecule has 4 heterocycles. The van der Waals surface area contributed by atoms with Crippen LogP contribution in [0, 0.1) is 0 Å². The van der Waals surface area contributed by atoms with E-state index in [2.05, 4.69) is 27.2 Å². The molecule has 2 aliphatic rings. The summed E-state index contributed by atoms with van der Waals surface area (Å²) >= 11 is 0. The molecule has 31 heavy (non-hydrogen) atoms. The second-order valence-electron chi connectivity index (χ2n) is 8.38. The van der Waals surface area contributed by atoms with E-state index in [0.29, 0.717) is 30.1 Å². The van der Waals surface area contributed by atoms with Crippen molar-refractivity contribution in [3.8, 4) is 0 Å². The van der Waals surface area contributed by atoms with E-state index in [1.807, 2.05) is 12.1 Å². The van der Waals surface area contributed by atoms with Gasteiger partial charge in [0.15, 0.2) is 15.7 Å².